The molecule has 0 spiro atoms. The van der Waals surface area contributed by atoms with E-state index in [4.69, 9.17) is 9.57 Å². The fraction of sp³-hybridized carbons (Fsp3) is 0.462. The van der Waals surface area contributed by atoms with E-state index in [-0.39, 0.29) is 0 Å². The van der Waals surface area contributed by atoms with Crippen LogP contribution in [-0.4, -0.2) is 18.9 Å². The molecule has 19 heavy (non-hydrogen) atoms. The maximum absolute atomic E-state index is 13.1. The lowest BCUT2D eigenvalue weighted by Crippen LogP contribution is -2.35. The van der Waals surface area contributed by atoms with Gasteiger partial charge in [0.2, 0.25) is 0 Å². The topological polar surface area (TPSA) is 59.6 Å². The molecule has 1 heterocycles. The van der Waals surface area contributed by atoms with E-state index >= 15 is 0 Å². The average molecular weight is 268 g/mol. The molecule has 1 aromatic carbocycles. The van der Waals surface area contributed by atoms with Crippen molar-refractivity contribution >= 4 is 11.7 Å². The van der Waals surface area contributed by atoms with Gasteiger partial charge >= 0.3 is 6.03 Å². The molecule has 2 N–H and O–H groups in total. The third kappa shape index (κ3) is 4.50. The van der Waals surface area contributed by atoms with Crippen LogP contribution in [0.4, 0.5) is 14.9 Å². The highest BCUT2D eigenvalue weighted by atomic mass is 19.1. The smallest absolute Gasteiger partial charge is 0.343 e. The first-order valence-electron chi connectivity index (χ1n) is 6.25. The number of halogens is 1. The van der Waals surface area contributed by atoms with Crippen molar-refractivity contribution in [1.29, 1.82) is 0 Å². The van der Waals surface area contributed by atoms with Crippen LogP contribution in [0, 0.1) is 12.7 Å². The first-order chi connectivity index (χ1) is 9.13. The molecule has 2 rings (SSSR count). The van der Waals surface area contributed by atoms with Gasteiger partial charge < -0.3 is 10.1 Å². The van der Waals surface area contributed by atoms with Crippen LogP contribution >= 0.6 is 0 Å². The molecule has 1 fully saturated rings. The Labute approximate surface area is 111 Å². The predicted molar refractivity (Wildman–Crippen MR) is 68.0 cm³/mol. The molecule has 0 aliphatic carbocycles. The van der Waals surface area contributed by atoms with E-state index < -0.39 is 18.1 Å². The predicted octanol–water partition coefficient (Wildman–Crippen LogP) is 2.71. The Morgan fingerprint density at radius 3 is 2.95 bits per heavy atom. The van der Waals surface area contributed by atoms with E-state index in [9.17, 15) is 9.18 Å². The van der Waals surface area contributed by atoms with Crippen LogP contribution in [0.1, 0.15) is 24.8 Å². The van der Waals surface area contributed by atoms with Gasteiger partial charge in [-0.2, -0.15) is 0 Å². The van der Waals surface area contributed by atoms with E-state index in [0.717, 1.165) is 24.8 Å². The molecule has 0 unspecified atom stereocenters. The molecule has 0 radical (unpaired) electrons. The molecule has 6 heteroatoms. The second kappa shape index (κ2) is 6.49. The van der Waals surface area contributed by atoms with E-state index in [1.165, 1.54) is 12.1 Å². The molecule has 1 aliphatic rings. The highest BCUT2D eigenvalue weighted by Crippen LogP contribution is 2.14. The van der Waals surface area contributed by atoms with E-state index in [2.05, 4.69) is 10.8 Å². The number of hydrogen-bond acceptors (Lipinski definition) is 3. The van der Waals surface area contributed by atoms with Crippen molar-refractivity contribution < 1.29 is 18.8 Å². The Morgan fingerprint density at radius 2 is 2.26 bits per heavy atom. The van der Waals surface area contributed by atoms with Gasteiger partial charge in [-0.15, -0.1) is 0 Å². The minimum absolute atomic E-state index is 0.378. The van der Waals surface area contributed by atoms with Gasteiger partial charge in [-0.3, -0.25) is 0 Å². The van der Waals surface area contributed by atoms with Crippen LogP contribution in [0.3, 0.4) is 0 Å². The maximum atomic E-state index is 13.1. The summed E-state index contributed by atoms with van der Waals surface area (Å²) >= 11 is 0. The summed E-state index contributed by atoms with van der Waals surface area (Å²) in [5, 5.41) is 2.49. The maximum Gasteiger partial charge on any atom is 0.343 e. The van der Waals surface area contributed by atoms with Crippen molar-refractivity contribution in [1.82, 2.24) is 5.48 Å². The Kier molecular flexibility index (Phi) is 4.70. The zero-order valence-corrected chi connectivity index (χ0v) is 10.7. The van der Waals surface area contributed by atoms with Crippen LogP contribution < -0.4 is 10.8 Å². The third-order valence-corrected chi connectivity index (χ3v) is 2.72. The van der Waals surface area contributed by atoms with Gasteiger partial charge in [-0.05, 0) is 43.5 Å². The van der Waals surface area contributed by atoms with Gasteiger partial charge in [0, 0.05) is 18.7 Å². The van der Waals surface area contributed by atoms with Gasteiger partial charge in [-0.25, -0.2) is 19.5 Å². The summed E-state index contributed by atoms with van der Waals surface area (Å²) in [5.41, 5.74) is 3.35. The van der Waals surface area contributed by atoms with Crippen LogP contribution in [0.15, 0.2) is 18.2 Å². The number of rotatable bonds is 3. The number of anilines is 1. The summed E-state index contributed by atoms with van der Waals surface area (Å²) in [6, 6.07) is 3.73. The minimum atomic E-state index is -0.556. The second-order valence-electron chi connectivity index (χ2n) is 4.49. The molecule has 1 atom stereocenters. The number of carbonyl (C=O) groups is 1. The summed E-state index contributed by atoms with van der Waals surface area (Å²) in [4.78, 5) is 16.7. The van der Waals surface area contributed by atoms with Gasteiger partial charge in [0.1, 0.15) is 5.82 Å². The van der Waals surface area contributed by atoms with E-state index in [0.29, 0.717) is 12.3 Å². The summed E-state index contributed by atoms with van der Waals surface area (Å²) in [5.74, 6) is -0.396. The van der Waals surface area contributed by atoms with Crippen LogP contribution in [0.5, 0.6) is 0 Å². The normalized spacial score (nSPS) is 18.9. The highest BCUT2D eigenvalue weighted by Gasteiger charge is 2.15. The summed E-state index contributed by atoms with van der Waals surface area (Å²) in [7, 11) is 0. The van der Waals surface area contributed by atoms with Gasteiger partial charge in [0.05, 0.1) is 0 Å². The summed E-state index contributed by atoms with van der Waals surface area (Å²) < 4.78 is 18.4. The monoisotopic (exact) mass is 268 g/mol. The van der Waals surface area contributed by atoms with Crippen molar-refractivity contribution in [2.24, 2.45) is 0 Å². The summed E-state index contributed by atoms with van der Waals surface area (Å²) in [6.07, 6.45) is 2.36. The average Bonchev–Trinajstić information content (AvgIpc) is 2.36. The third-order valence-electron chi connectivity index (χ3n) is 2.72. The zero-order valence-electron chi connectivity index (χ0n) is 10.7. The van der Waals surface area contributed by atoms with E-state index in [1.807, 2.05) is 0 Å². The fourth-order valence-corrected chi connectivity index (χ4v) is 1.89. The molecule has 1 aliphatic heterocycles. The van der Waals surface area contributed by atoms with Gasteiger partial charge in [0.25, 0.3) is 0 Å². The minimum Gasteiger partial charge on any atom is -0.350 e. The largest absolute Gasteiger partial charge is 0.350 e. The molecule has 0 saturated carbocycles. The molecule has 5 nitrogen and oxygen atoms in total. The molecule has 1 saturated heterocycles. The van der Waals surface area contributed by atoms with Crippen molar-refractivity contribution in [3.05, 3.63) is 29.6 Å². The first kappa shape index (κ1) is 13.8. The number of hydroxylamine groups is 1. The number of nitrogens with one attached hydrogen (secondary N) is 2. The molecular formula is C13H17FN2O3. The van der Waals surface area contributed by atoms with Crippen molar-refractivity contribution in [3.8, 4) is 0 Å². The quantitative estimate of drug-likeness (QED) is 0.829. The second-order valence-corrected chi connectivity index (χ2v) is 4.49. The standard InChI is InChI=1S/C13H17FN2O3/c1-9-6-10(14)8-11(7-9)15-13(17)16-19-12-4-2-3-5-18-12/h6-8,12H,2-5H2,1H3,(H2,15,16,17)/t12-/m1/s1. The molecule has 0 aromatic heterocycles. The lowest BCUT2D eigenvalue weighted by Gasteiger charge is -2.22. The Hall–Kier alpha value is -1.66. The van der Waals surface area contributed by atoms with Crippen molar-refractivity contribution in [2.45, 2.75) is 32.5 Å². The van der Waals surface area contributed by atoms with Crippen LogP contribution in [0.25, 0.3) is 0 Å². The Bertz CT molecular complexity index is 427. The van der Waals surface area contributed by atoms with E-state index in [1.54, 1.807) is 13.0 Å². The molecule has 0 bridgehead atoms. The molecule has 2 amide bonds. The number of hydrogen-bond donors (Lipinski definition) is 2. The Morgan fingerprint density at radius 1 is 1.42 bits per heavy atom. The number of ether oxygens (including phenoxy) is 1. The van der Waals surface area contributed by atoms with Crippen LogP contribution in [0.2, 0.25) is 0 Å². The number of amides is 2. The molecular weight excluding hydrogens is 251 g/mol. The number of urea groups is 1. The summed E-state index contributed by atoms with van der Waals surface area (Å²) in [6.45, 7) is 2.38. The lowest BCUT2D eigenvalue weighted by atomic mass is 10.2. The number of aryl methyl sites for hydroxylation is 1. The van der Waals surface area contributed by atoms with Gasteiger partial charge in [0.15, 0.2) is 6.29 Å². The van der Waals surface area contributed by atoms with Crippen LogP contribution in [-0.2, 0) is 9.57 Å². The van der Waals surface area contributed by atoms with Crippen molar-refractivity contribution in [2.75, 3.05) is 11.9 Å². The Balaban J connectivity index is 1.80. The number of benzene rings is 1. The zero-order chi connectivity index (χ0) is 13.7. The molecule has 1 aromatic rings. The molecule has 104 valence electrons. The lowest BCUT2D eigenvalue weighted by molar-refractivity contribution is -0.185. The highest BCUT2D eigenvalue weighted by molar-refractivity contribution is 5.88. The fourth-order valence-electron chi connectivity index (χ4n) is 1.89. The van der Waals surface area contributed by atoms with Gasteiger partial charge in [-0.1, -0.05) is 0 Å². The first-order valence-corrected chi connectivity index (χ1v) is 6.25. The number of carbonyl (C=O) groups excluding carboxylic acids is 1. The van der Waals surface area contributed by atoms with Crippen molar-refractivity contribution in [3.63, 3.8) is 0 Å². The SMILES string of the molecule is Cc1cc(F)cc(NC(=O)NO[C@@H]2CCCCO2)c1.